The quantitative estimate of drug-likeness (QED) is 0.804. The van der Waals surface area contributed by atoms with Crippen molar-refractivity contribution in [2.24, 2.45) is 0 Å². The number of hydrogen-bond acceptors (Lipinski definition) is 5. The predicted molar refractivity (Wildman–Crippen MR) is 76.1 cm³/mol. The number of carboxylic acid groups (broad SMARTS) is 1. The van der Waals surface area contributed by atoms with E-state index in [0.29, 0.717) is 31.2 Å². The SMILES string of the molecule is CCCOc1cccc(-c2nnc(CCCC(=O)O)o2)c1. The molecular formula is C15H18N2O4. The second kappa shape index (κ2) is 7.42. The van der Waals surface area contributed by atoms with E-state index in [1.807, 2.05) is 31.2 Å². The van der Waals surface area contributed by atoms with E-state index < -0.39 is 5.97 Å². The minimum atomic E-state index is -0.824. The van der Waals surface area contributed by atoms with Gasteiger partial charge in [0.25, 0.3) is 0 Å². The van der Waals surface area contributed by atoms with Gasteiger partial charge in [0.2, 0.25) is 11.8 Å². The van der Waals surface area contributed by atoms with Crippen molar-refractivity contribution in [1.82, 2.24) is 10.2 Å². The Morgan fingerprint density at radius 2 is 2.24 bits per heavy atom. The first-order chi connectivity index (χ1) is 10.2. The Labute approximate surface area is 122 Å². The van der Waals surface area contributed by atoms with Gasteiger partial charge in [-0.2, -0.15) is 0 Å². The molecular weight excluding hydrogens is 272 g/mol. The Morgan fingerprint density at radius 3 is 3.00 bits per heavy atom. The van der Waals surface area contributed by atoms with Gasteiger partial charge in [-0.05, 0) is 31.0 Å². The first kappa shape index (κ1) is 15.0. The van der Waals surface area contributed by atoms with E-state index in [0.717, 1.165) is 17.7 Å². The van der Waals surface area contributed by atoms with Crippen LogP contribution in [0.1, 0.15) is 32.1 Å². The topological polar surface area (TPSA) is 85.5 Å². The molecule has 0 saturated heterocycles. The number of aryl methyl sites for hydroxylation is 1. The van der Waals surface area contributed by atoms with Gasteiger partial charge in [-0.3, -0.25) is 4.79 Å². The number of aromatic nitrogens is 2. The van der Waals surface area contributed by atoms with E-state index in [1.165, 1.54) is 0 Å². The number of carbonyl (C=O) groups is 1. The van der Waals surface area contributed by atoms with Crippen molar-refractivity contribution in [3.8, 4) is 17.2 Å². The van der Waals surface area contributed by atoms with Crippen LogP contribution < -0.4 is 4.74 Å². The number of nitrogens with zero attached hydrogens (tertiary/aromatic N) is 2. The summed E-state index contributed by atoms with van der Waals surface area (Å²) in [6, 6.07) is 7.47. The summed E-state index contributed by atoms with van der Waals surface area (Å²) >= 11 is 0. The summed E-state index contributed by atoms with van der Waals surface area (Å²) in [5.74, 6) is 0.809. The van der Waals surface area contributed by atoms with Crippen molar-refractivity contribution in [3.63, 3.8) is 0 Å². The van der Waals surface area contributed by atoms with E-state index in [2.05, 4.69) is 10.2 Å². The number of rotatable bonds is 8. The largest absolute Gasteiger partial charge is 0.494 e. The maximum atomic E-state index is 10.5. The molecule has 0 aliphatic heterocycles. The zero-order valence-corrected chi connectivity index (χ0v) is 11.9. The van der Waals surface area contributed by atoms with Crippen molar-refractivity contribution in [2.75, 3.05) is 6.61 Å². The van der Waals surface area contributed by atoms with Gasteiger partial charge in [0.1, 0.15) is 5.75 Å². The molecule has 1 aromatic heterocycles. The van der Waals surface area contributed by atoms with Crippen molar-refractivity contribution in [1.29, 1.82) is 0 Å². The second-order valence-corrected chi connectivity index (χ2v) is 4.62. The molecule has 0 fully saturated rings. The van der Waals surface area contributed by atoms with Gasteiger partial charge in [-0.1, -0.05) is 13.0 Å². The highest BCUT2D eigenvalue weighted by molar-refractivity contribution is 5.66. The molecule has 0 aliphatic carbocycles. The maximum Gasteiger partial charge on any atom is 0.303 e. The Kier molecular flexibility index (Phi) is 5.31. The fraction of sp³-hybridized carbons (Fsp3) is 0.400. The second-order valence-electron chi connectivity index (χ2n) is 4.62. The van der Waals surface area contributed by atoms with E-state index >= 15 is 0 Å². The van der Waals surface area contributed by atoms with Crippen LogP contribution in [-0.4, -0.2) is 27.9 Å². The van der Waals surface area contributed by atoms with E-state index in [1.54, 1.807) is 0 Å². The lowest BCUT2D eigenvalue weighted by Gasteiger charge is -2.04. The molecule has 2 rings (SSSR count). The van der Waals surface area contributed by atoms with Gasteiger partial charge in [0, 0.05) is 18.4 Å². The first-order valence-electron chi connectivity index (χ1n) is 6.96. The molecule has 6 heteroatoms. The van der Waals surface area contributed by atoms with Crippen LogP contribution >= 0.6 is 0 Å². The standard InChI is InChI=1S/C15H18N2O4/c1-2-9-20-12-6-3-5-11(10-12)15-17-16-13(21-15)7-4-8-14(18)19/h3,5-6,10H,2,4,7-9H2,1H3,(H,18,19). The minimum Gasteiger partial charge on any atom is -0.494 e. The lowest BCUT2D eigenvalue weighted by atomic mass is 10.2. The van der Waals surface area contributed by atoms with Gasteiger partial charge >= 0.3 is 5.97 Å². The normalized spacial score (nSPS) is 10.5. The lowest BCUT2D eigenvalue weighted by molar-refractivity contribution is -0.137. The molecule has 6 nitrogen and oxygen atoms in total. The molecule has 1 aromatic carbocycles. The summed E-state index contributed by atoms with van der Waals surface area (Å²) in [4.78, 5) is 10.5. The summed E-state index contributed by atoms with van der Waals surface area (Å²) in [6.45, 7) is 2.71. The molecule has 2 aromatic rings. The average Bonchev–Trinajstić information content (AvgIpc) is 2.94. The third kappa shape index (κ3) is 4.59. The van der Waals surface area contributed by atoms with Crippen molar-refractivity contribution < 1.29 is 19.1 Å². The molecule has 0 radical (unpaired) electrons. The smallest absolute Gasteiger partial charge is 0.303 e. The van der Waals surface area contributed by atoms with Crippen LogP contribution in [-0.2, 0) is 11.2 Å². The number of hydrogen-bond donors (Lipinski definition) is 1. The summed E-state index contributed by atoms with van der Waals surface area (Å²) in [6.07, 6.45) is 1.98. The molecule has 0 amide bonds. The van der Waals surface area contributed by atoms with Gasteiger partial charge in [0.15, 0.2) is 0 Å². The number of carboxylic acids is 1. The third-order valence-corrected chi connectivity index (χ3v) is 2.80. The van der Waals surface area contributed by atoms with Crippen LogP contribution in [0.3, 0.4) is 0 Å². The summed E-state index contributed by atoms with van der Waals surface area (Å²) in [7, 11) is 0. The zero-order chi connectivity index (χ0) is 15.1. The Bertz CT molecular complexity index is 595. The molecule has 21 heavy (non-hydrogen) atoms. The molecule has 0 unspecified atom stereocenters. The van der Waals surface area contributed by atoms with Gasteiger partial charge in [-0.15, -0.1) is 10.2 Å². The highest BCUT2D eigenvalue weighted by Gasteiger charge is 2.10. The molecule has 0 aliphatic rings. The molecule has 0 bridgehead atoms. The van der Waals surface area contributed by atoms with Crippen molar-refractivity contribution >= 4 is 5.97 Å². The fourth-order valence-corrected chi connectivity index (χ4v) is 1.80. The van der Waals surface area contributed by atoms with Crippen molar-refractivity contribution in [3.05, 3.63) is 30.2 Å². The molecule has 1 N–H and O–H groups in total. The Morgan fingerprint density at radius 1 is 1.38 bits per heavy atom. The van der Waals surface area contributed by atoms with Gasteiger partial charge < -0.3 is 14.3 Å². The number of ether oxygens (including phenoxy) is 1. The van der Waals surface area contributed by atoms with Crippen LogP contribution in [0.15, 0.2) is 28.7 Å². The highest BCUT2D eigenvalue weighted by atomic mass is 16.5. The Balaban J connectivity index is 2.01. The van der Waals surface area contributed by atoms with Crippen LogP contribution in [0.2, 0.25) is 0 Å². The molecule has 0 spiro atoms. The van der Waals surface area contributed by atoms with E-state index in [-0.39, 0.29) is 6.42 Å². The van der Waals surface area contributed by atoms with Crippen LogP contribution in [0, 0.1) is 0 Å². The van der Waals surface area contributed by atoms with Crippen molar-refractivity contribution in [2.45, 2.75) is 32.6 Å². The van der Waals surface area contributed by atoms with E-state index in [4.69, 9.17) is 14.3 Å². The summed E-state index contributed by atoms with van der Waals surface area (Å²) < 4.78 is 11.1. The van der Waals surface area contributed by atoms with Crippen LogP contribution in [0.4, 0.5) is 0 Å². The van der Waals surface area contributed by atoms with Crippen LogP contribution in [0.25, 0.3) is 11.5 Å². The third-order valence-electron chi connectivity index (χ3n) is 2.80. The summed E-state index contributed by atoms with van der Waals surface area (Å²) in [5.41, 5.74) is 0.792. The minimum absolute atomic E-state index is 0.0953. The molecule has 0 atom stereocenters. The average molecular weight is 290 g/mol. The summed E-state index contributed by atoms with van der Waals surface area (Å²) in [5, 5.41) is 16.5. The van der Waals surface area contributed by atoms with Gasteiger partial charge in [0.05, 0.1) is 6.61 Å². The predicted octanol–water partition coefficient (Wildman–Crippen LogP) is 2.93. The fourth-order valence-electron chi connectivity index (χ4n) is 1.80. The molecule has 0 saturated carbocycles. The Hall–Kier alpha value is -2.37. The van der Waals surface area contributed by atoms with Gasteiger partial charge in [-0.25, -0.2) is 0 Å². The molecule has 1 heterocycles. The number of aliphatic carboxylic acids is 1. The zero-order valence-electron chi connectivity index (χ0n) is 11.9. The van der Waals surface area contributed by atoms with Crippen LogP contribution in [0.5, 0.6) is 5.75 Å². The lowest BCUT2D eigenvalue weighted by Crippen LogP contribution is -1.95. The van der Waals surface area contributed by atoms with E-state index in [9.17, 15) is 4.79 Å². The maximum absolute atomic E-state index is 10.5. The highest BCUT2D eigenvalue weighted by Crippen LogP contribution is 2.23. The number of benzene rings is 1. The first-order valence-corrected chi connectivity index (χ1v) is 6.96. The monoisotopic (exact) mass is 290 g/mol. The molecule has 112 valence electrons.